The number of nitrogens with two attached hydrogens (primary N) is 1. The number of hydrogen-bond acceptors (Lipinski definition) is 5. The molecule has 1 aromatic rings. The number of carbonyl (C=O) groups is 2. The van der Waals surface area contributed by atoms with Crippen molar-refractivity contribution in [2.75, 3.05) is 31.1 Å². The number of rotatable bonds is 5. The van der Waals surface area contributed by atoms with Crippen molar-refractivity contribution in [1.82, 2.24) is 15.2 Å². The Hall–Kier alpha value is -2.15. The fourth-order valence-electron chi connectivity index (χ4n) is 3.93. The molecule has 1 aromatic heterocycles. The summed E-state index contributed by atoms with van der Waals surface area (Å²) in [7, 11) is 0. The molecular formula is C18H27N5O2. The summed E-state index contributed by atoms with van der Waals surface area (Å²) in [5, 5.41) is 2.78. The van der Waals surface area contributed by atoms with Gasteiger partial charge in [0.1, 0.15) is 5.82 Å². The number of pyridine rings is 1. The van der Waals surface area contributed by atoms with Crippen LogP contribution in [0.3, 0.4) is 0 Å². The van der Waals surface area contributed by atoms with E-state index in [1.54, 1.807) is 6.20 Å². The predicted molar refractivity (Wildman–Crippen MR) is 96.4 cm³/mol. The van der Waals surface area contributed by atoms with Gasteiger partial charge in [-0.15, -0.1) is 0 Å². The minimum atomic E-state index is -0.192. The molecule has 0 bridgehead atoms. The molecule has 3 rings (SSSR count). The highest BCUT2D eigenvalue weighted by Gasteiger charge is 2.35. The van der Waals surface area contributed by atoms with Crippen LogP contribution in [0.2, 0.25) is 0 Å². The van der Waals surface area contributed by atoms with Gasteiger partial charge in [0.25, 0.3) is 5.91 Å². The molecule has 1 unspecified atom stereocenters. The lowest BCUT2D eigenvalue weighted by atomic mass is 10.0. The number of aromatic nitrogens is 1. The van der Waals surface area contributed by atoms with Gasteiger partial charge in [0, 0.05) is 31.9 Å². The highest BCUT2D eigenvalue weighted by molar-refractivity contribution is 5.94. The maximum atomic E-state index is 11.8. The molecule has 7 nitrogen and oxygen atoms in total. The largest absolute Gasteiger partial charge is 0.368 e. The second kappa shape index (κ2) is 7.82. The van der Waals surface area contributed by atoms with Gasteiger partial charge in [0.05, 0.1) is 11.6 Å². The lowest BCUT2D eigenvalue weighted by Gasteiger charge is -2.39. The SMILES string of the molecule is CCNC(=O)c1ccc(N2CCC(N3CCCC3C(N)=O)CC2)nc1. The van der Waals surface area contributed by atoms with E-state index in [4.69, 9.17) is 5.73 Å². The summed E-state index contributed by atoms with van der Waals surface area (Å²) >= 11 is 0. The lowest BCUT2D eigenvalue weighted by molar-refractivity contribution is -0.123. The van der Waals surface area contributed by atoms with Crippen molar-refractivity contribution >= 4 is 17.6 Å². The number of anilines is 1. The molecule has 0 spiro atoms. The zero-order valence-electron chi connectivity index (χ0n) is 14.8. The molecule has 0 aliphatic carbocycles. The van der Waals surface area contributed by atoms with Crippen molar-refractivity contribution < 1.29 is 9.59 Å². The molecule has 2 saturated heterocycles. The molecule has 136 valence electrons. The van der Waals surface area contributed by atoms with Crippen LogP contribution in [0.1, 0.15) is 43.0 Å². The van der Waals surface area contributed by atoms with Crippen molar-refractivity contribution in [2.24, 2.45) is 5.73 Å². The van der Waals surface area contributed by atoms with Crippen molar-refractivity contribution in [3.63, 3.8) is 0 Å². The van der Waals surface area contributed by atoms with E-state index < -0.39 is 0 Å². The molecule has 7 heteroatoms. The van der Waals surface area contributed by atoms with Crippen LogP contribution in [0.4, 0.5) is 5.82 Å². The number of primary amides is 1. The van der Waals surface area contributed by atoms with Crippen LogP contribution in [-0.4, -0.2) is 60.0 Å². The molecule has 1 atom stereocenters. The Balaban J connectivity index is 1.57. The molecule has 0 saturated carbocycles. The van der Waals surface area contributed by atoms with Crippen LogP contribution >= 0.6 is 0 Å². The van der Waals surface area contributed by atoms with Crippen LogP contribution < -0.4 is 16.0 Å². The zero-order valence-corrected chi connectivity index (χ0v) is 14.8. The van der Waals surface area contributed by atoms with E-state index in [0.29, 0.717) is 18.2 Å². The van der Waals surface area contributed by atoms with Crippen molar-refractivity contribution in [2.45, 2.75) is 44.7 Å². The van der Waals surface area contributed by atoms with Crippen molar-refractivity contribution in [1.29, 1.82) is 0 Å². The fraction of sp³-hybridized carbons (Fsp3) is 0.611. The van der Waals surface area contributed by atoms with Gasteiger partial charge < -0.3 is 16.0 Å². The number of piperidine rings is 1. The van der Waals surface area contributed by atoms with Crippen LogP contribution in [-0.2, 0) is 4.79 Å². The van der Waals surface area contributed by atoms with Crippen molar-refractivity contribution in [3.8, 4) is 0 Å². The predicted octanol–water partition coefficient (Wildman–Crippen LogP) is 0.750. The van der Waals surface area contributed by atoms with E-state index in [1.165, 1.54) is 0 Å². The van der Waals surface area contributed by atoms with Crippen LogP contribution in [0, 0.1) is 0 Å². The number of carbonyl (C=O) groups excluding carboxylic acids is 2. The van der Waals surface area contributed by atoms with E-state index in [9.17, 15) is 9.59 Å². The Labute approximate surface area is 148 Å². The van der Waals surface area contributed by atoms with Gasteiger partial charge >= 0.3 is 0 Å². The molecule has 3 heterocycles. The fourth-order valence-corrected chi connectivity index (χ4v) is 3.93. The first-order chi connectivity index (χ1) is 12.1. The molecule has 3 N–H and O–H groups in total. The summed E-state index contributed by atoms with van der Waals surface area (Å²) in [6, 6.07) is 4.06. The maximum Gasteiger partial charge on any atom is 0.252 e. The van der Waals surface area contributed by atoms with Gasteiger partial charge in [-0.25, -0.2) is 4.98 Å². The summed E-state index contributed by atoms with van der Waals surface area (Å²) < 4.78 is 0. The van der Waals surface area contributed by atoms with Crippen LogP contribution in [0.5, 0.6) is 0 Å². The topological polar surface area (TPSA) is 91.6 Å². The first-order valence-electron chi connectivity index (χ1n) is 9.14. The number of amides is 2. The van der Waals surface area contributed by atoms with E-state index in [-0.39, 0.29) is 17.9 Å². The number of likely N-dealkylation sites (tertiary alicyclic amines) is 1. The minimum absolute atomic E-state index is 0.0909. The summed E-state index contributed by atoms with van der Waals surface area (Å²) in [6.45, 7) is 5.28. The number of nitrogens with one attached hydrogen (secondary N) is 1. The standard InChI is InChI=1S/C18H27N5O2/c1-2-20-18(25)13-5-6-16(21-12-13)22-10-7-14(8-11-22)23-9-3-4-15(23)17(19)24/h5-6,12,14-15H,2-4,7-11H2,1H3,(H2,19,24)(H,20,25). The third-order valence-electron chi connectivity index (χ3n) is 5.23. The molecule has 2 aliphatic rings. The second-order valence-electron chi connectivity index (χ2n) is 6.78. The third kappa shape index (κ3) is 3.92. The average Bonchev–Trinajstić information content (AvgIpc) is 3.12. The smallest absolute Gasteiger partial charge is 0.252 e. The molecule has 2 amide bonds. The summed E-state index contributed by atoms with van der Waals surface area (Å²) in [5.41, 5.74) is 6.12. The first-order valence-corrected chi connectivity index (χ1v) is 9.14. The molecule has 25 heavy (non-hydrogen) atoms. The summed E-state index contributed by atoms with van der Waals surface area (Å²) in [4.78, 5) is 32.4. The molecule has 2 fully saturated rings. The van der Waals surface area contributed by atoms with Crippen LogP contribution in [0.25, 0.3) is 0 Å². The molecule has 2 aliphatic heterocycles. The third-order valence-corrected chi connectivity index (χ3v) is 5.23. The quantitative estimate of drug-likeness (QED) is 0.822. The second-order valence-corrected chi connectivity index (χ2v) is 6.78. The average molecular weight is 345 g/mol. The van der Waals surface area contributed by atoms with E-state index in [1.807, 2.05) is 19.1 Å². The summed E-state index contributed by atoms with van der Waals surface area (Å²) in [6.07, 6.45) is 5.58. The first kappa shape index (κ1) is 17.7. The van der Waals surface area contributed by atoms with Gasteiger partial charge in [0.15, 0.2) is 0 Å². The van der Waals surface area contributed by atoms with E-state index in [2.05, 4.69) is 20.1 Å². The van der Waals surface area contributed by atoms with Gasteiger partial charge in [-0.1, -0.05) is 0 Å². The number of nitrogens with zero attached hydrogens (tertiary/aromatic N) is 3. The molecule has 0 aromatic carbocycles. The monoisotopic (exact) mass is 345 g/mol. The Kier molecular flexibility index (Phi) is 5.53. The van der Waals surface area contributed by atoms with Gasteiger partial charge in [0.2, 0.25) is 5.91 Å². The number of hydrogen-bond donors (Lipinski definition) is 2. The lowest BCUT2D eigenvalue weighted by Crippen LogP contribution is -2.50. The Morgan fingerprint density at radius 3 is 2.60 bits per heavy atom. The molecular weight excluding hydrogens is 318 g/mol. The summed E-state index contributed by atoms with van der Waals surface area (Å²) in [5.74, 6) is 0.619. The zero-order chi connectivity index (χ0) is 17.8. The minimum Gasteiger partial charge on any atom is -0.368 e. The Bertz CT molecular complexity index is 610. The normalized spacial score (nSPS) is 22.1. The highest BCUT2D eigenvalue weighted by Crippen LogP contribution is 2.27. The van der Waals surface area contributed by atoms with E-state index >= 15 is 0 Å². The molecule has 0 radical (unpaired) electrons. The van der Waals surface area contributed by atoms with Crippen molar-refractivity contribution in [3.05, 3.63) is 23.9 Å². The van der Waals surface area contributed by atoms with Crippen LogP contribution in [0.15, 0.2) is 18.3 Å². The van der Waals surface area contributed by atoms with Gasteiger partial charge in [-0.2, -0.15) is 0 Å². The Morgan fingerprint density at radius 1 is 1.24 bits per heavy atom. The van der Waals surface area contributed by atoms with E-state index in [0.717, 1.165) is 51.1 Å². The Morgan fingerprint density at radius 2 is 2.00 bits per heavy atom. The maximum absolute atomic E-state index is 11.8. The highest BCUT2D eigenvalue weighted by atomic mass is 16.2. The van der Waals surface area contributed by atoms with Gasteiger partial charge in [-0.05, 0) is 51.3 Å². The van der Waals surface area contributed by atoms with Gasteiger partial charge in [-0.3, -0.25) is 14.5 Å².